The van der Waals surface area contributed by atoms with Crippen molar-refractivity contribution in [1.82, 2.24) is 15.1 Å². The average Bonchev–Trinajstić information content (AvgIpc) is 3.65. The van der Waals surface area contributed by atoms with E-state index in [0.717, 1.165) is 35.4 Å². The zero-order chi connectivity index (χ0) is 26.2. The number of carbonyl (C=O) groups excluding carboxylic acids is 1. The molecule has 190 valence electrons. The summed E-state index contributed by atoms with van der Waals surface area (Å²) in [5, 5.41) is 17.4. The van der Waals surface area contributed by atoms with Gasteiger partial charge in [0.2, 0.25) is 0 Å². The molecule has 7 nitrogen and oxygen atoms in total. The van der Waals surface area contributed by atoms with Crippen molar-refractivity contribution >= 4 is 12.0 Å². The van der Waals surface area contributed by atoms with Crippen molar-refractivity contribution < 1.29 is 14.3 Å². The molecule has 0 spiro atoms. The Balaban J connectivity index is 1.40. The maximum atomic E-state index is 12.8. The van der Waals surface area contributed by atoms with E-state index in [0.29, 0.717) is 31.0 Å². The molecule has 5 rings (SSSR count). The van der Waals surface area contributed by atoms with E-state index in [1.165, 1.54) is 0 Å². The lowest BCUT2D eigenvalue weighted by Crippen LogP contribution is -2.32. The van der Waals surface area contributed by atoms with E-state index in [9.17, 15) is 10.1 Å². The molecule has 1 aliphatic heterocycles. The Bertz CT molecular complexity index is 1430. The number of benzene rings is 3. The molecule has 1 amide bonds. The number of carbonyl (C=O) groups is 1. The van der Waals surface area contributed by atoms with Gasteiger partial charge >= 0.3 is 0 Å². The molecule has 1 aromatic heterocycles. The van der Waals surface area contributed by atoms with E-state index in [1.54, 1.807) is 10.8 Å². The van der Waals surface area contributed by atoms with Crippen molar-refractivity contribution in [3.63, 3.8) is 0 Å². The zero-order valence-electron chi connectivity index (χ0n) is 20.9. The standard InChI is InChI=1S/C31H28N4O3/c32-19-25(31(36)33-20-29-12-7-17-37-29)18-26-21-35(27-10-5-2-6-11-27)34-30(26)24-13-15-28(16-14-24)38-22-23-8-3-1-4-9-23/h1-6,8-11,13-16,18,21,29H,7,12,17,20,22H2,(H,33,36)/b25-18+. The van der Waals surface area contributed by atoms with Crippen molar-refractivity contribution in [2.75, 3.05) is 13.2 Å². The Hall–Kier alpha value is -4.67. The average molecular weight is 505 g/mol. The first-order chi connectivity index (χ1) is 18.7. The number of hydrogen-bond acceptors (Lipinski definition) is 5. The summed E-state index contributed by atoms with van der Waals surface area (Å²) >= 11 is 0. The number of nitrogens with zero attached hydrogens (tertiary/aromatic N) is 3. The second-order valence-electron chi connectivity index (χ2n) is 9.03. The summed E-state index contributed by atoms with van der Waals surface area (Å²) in [7, 11) is 0. The van der Waals surface area contributed by atoms with Crippen LogP contribution in [-0.4, -0.2) is 34.9 Å². The minimum absolute atomic E-state index is 0.00194. The van der Waals surface area contributed by atoms with Crippen molar-refractivity contribution in [3.05, 3.63) is 108 Å². The highest BCUT2D eigenvalue weighted by Gasteiger charge is 2.19. The number of aromatic nitrogens is 2. The molecule has 0 bridgehead atoms. The summed E-state index contributed by atoms with van der Waals surface area (Å²) in [6.45, 7) is 1.57. The quantitative estimate of drug-likeness (QED) is 0.246. The van der Waals surface area contributed by atoms with Gasteiger partial charge in [-0.2, -0.15) is 10.4 Å². The van der Waals surface area contributed by atoms with Crippen LogP contribution in [0.5, 0.6) is 5.75 Å². The molecule has 1 fully saturated rings. The first kappa shape index (κ1) is 25.0. The van der Waals surface area contributed by atoms with Gasteiger partial charge in [-0.05, 0) is 60.9 Å². The molecule has 1 N–H and O–H groups in total. The van der Waals surface area contributed by atoms with E-state index < -0.39 is 5.91 Å². The molecule has 2 heterocycles. The molecule has 0 saturated carbocycles. The van der Waals surface area contributed by atoms with Crippen LogP contribution in [0.4, 0.5) is 0 Å². The van der Waals surface area contributed by atoms with Crippen molar-refractivity contribution in [2.24, 2.45) is 0 Å². The molecule has 1 atom stereocenters. The zero-order valence-corrected chi connectivity index (χ0v) is 20.9. The lowest BCUT2D eigenvalue weighted by Gasteiger charge is -2.10. The van der Waals surface area contributed by atoms with Crippen LogP contribution in [0.3, 0.4) is 0 Å². The molecule has 1 aliphatic rings. The summed E-state index contributed by atoms with van der Waals surface area (Å²) < 4.78 is 13.3. The lowest BCUT2D eigenvalue weighted by molar-refractivity contribution is -0.117. The van der Waals surface area contributed by atoms with Gasteiger partial charge in [-0.1, -0.05) is 48.5 Å². The van der Waals surface area contributed by atoms with Crippen molar-refractivity contribution in [2.45, 2.75) is 25.6 Å². The van der Waals surface area contributed by atoms with Gasteiger partial charge < -0.3 is 14.8 Å². The number of nitriles is 1. The minimum atomic E-state index is -0.425. The number of hydrogen-bond donors (Lipinski definition) is 1. The third-order valence-corrected chi connectivity index (χ3v) is 6.32. The fourth-order valence-electron chi connectivity index (χ4n) is 4.29. The molecular weight excluding hydrogens is 476 g/mol. The van der Waals surface area contributed by atoms with Crippen LogP contribution in [0, 0.1) is 11.3 Å². The fraction of sp³-hybridized carbons (Fsp3) is 0.194. The number of para-hydroxylation sites is 1. The van der Waals surface area contributed by atoms with Crippen LogP contribution in [0.1, 0.15) is 24.0 Å². The van der Waals surface area contributed by atoms with Crippen LogP contribution in [0.2, 0.25) is 0 Å². The molecule has 0 radical (unpaired) electrons. The van der Waals surface area contributed by atoms with Gasteiger partial charge in [0.05, 0.1) is 17.5 Å². The molecule has 1 unspecified atom stereocenters. The maximum Gasteiger partial charge on any atom is 0.262 e. The molecule has 4 aromatic rings. The third kappa shape index (κ3) is 6.17. The van der Waals surface area contributed by atoms with Gasteiger partial charge in [0, 0.05) is 30.5 Å². The highest BCUT2D eigenvalue weighted by Crippen LogP contribution is 2.28. The summed E-state index contributed by atoms with van der Waals surface area (Å²) in [6, 6.07) is 29.4. The molecule has 7 heteroatoms. The van der Waals surface area contributed by atoms with Crippen LogP contribution < -0.4 is 10.1 Å². The Kier molecular flexibility index (Phi) is 7.92. The summed E-state index contributed by atoms with van der Waals surface area (Å²) in [4.78, 5) is 12.8. The molecule has 38 heavy (non-hydrogen) atoms. The highest BCUT2D eigenvalue weighted by atomic mass is 16.5. The highest BCUT2D eigenvalue weighted by molar-refractivity contribution is 6.02. The summed E-state index contributed by atoms with van der Waals surface area (Å²) in [5.41, 5.74) is 4.14. The van der Waals surface area contributed by atoms with E-state index >= 15 is 0 Å². The fourth-order valence-corrected chi connectivity index (χ4v) is 4.29. The number of amides is 1. The van der Waals surface area contributed by atoms with Crippen LogP contribution >= 0.6 is 0 Å². The normalized spacial score (nSPS) is 15.1. The minimum Gasteiger partial charge on any atom is -0.489 e. The third-order valence-electron chi connectivity index (χ3n) is 6.32. The predicted octanol–water partition coefficient (Wildman–Crippen LogP) is 5.32. The second-order valence-corrected chi connectivity index (χ2v) is 9.03. The van der Waals surface area contributed by atoms with Gasteiger partial charge in [0.25, 0.3) is 5.91 Å². The van der Waals surface area contributed by atoms with Gasteiger partial charge in [-0.15, -0.1) is 0 Å². The Morgan fingerprint density at radius 2 is 1.82 bits per heavy atom. The van der Waals surface area contributed by atoms with Gasteiger partial charge in [-0.3, -0.25) is 4.79 Å². The molecule has 3 aromatic carbocycles. The largest absolute Gasteiger partial charge is 0.489 e. The van der Waals surface area contributed by atoms with E-state index in [1.807, 2.05) is 97.2 Å². The topological polar surface area (TPSA) is 89.2 Å². The van der Waals surface area contributed by atoms with Crippen LogP contribution in [0.25, 0.3) is 23.0 Å². The first-order valence-electron chi connectivity index (χ1n) is 12.6. The summed E-state index contributed by atoms with van der Waals surface area (Å²) in [5.74, 6) is 0.314. The lowest BCUT2D eigenvalue weighted by atomic mass is 10.1. The van der Waals surface area contributed by atoms with Crippen LogP contribution in [-0.2, 0) is 16.1 Å². The smallest absolute Gasteiger partial charge is 0.262 e. The Morgan fingerprint density at radius 1 is 1.08 bits per heavy atom. The molecular formula is C31H28N4O3. The number of rotatable bonds is 9. The van der Waals surface area contributed by atoms with E-state index in [2.05, 4.69) is 5.32 Å². The first-order valence-corrected chi connectivity index (χ1v) is 12.6. The number of ether oxygens (including phenoxy) is 2. The molecule has 0 aliphatic carbocycles. The summed E-state index contributed by atoms with van der Waals surface area (Å²) in [6.07, 6.45) is 5.31. The number of nitrogens with one attached hydrogen (secondary N) is 1. The SMILES string of the molecule is N#C/C(=C\c1cn(-c2ccccc2)nc1-c1ccc(OCc2ccccc2)cc1)C(=O)NCC1CCCO1. The monoisotopic (exact) mass is 504 g/mol. The van der Waals surface area contributed by atoms with E-state index in [4.69, 9.17) is 14.6 Å². The van der Waals surface area contributed by atoms with Gasteiger partial charge in [0.15, 0.2) is 0 Å². The van der Waals surface area contributed by atoms with Crippen molar-refractivity contribution in [3.8, 4) is 28.8 Å². The molecule has 1 saturated heterocycles. The Labute approximate surface area is 221 Å². The second kappa shape index (κ2) is 12.0. The predicted molar refractivity (Wildman–Crippen MR) is 145 cm³/mol. The maximum absolute atomic E-state index is 12.8. The van der Waals surface area contributed by atoms with Gasteiger partial charge in [0.1, 0.15) is 24.0 Å². The van der Waals surface area contributed by atoms with Crippen molar-refractivity contribution in [1.29, 1.82) is 5.26 Å². The Morgan fingerprint density at radius 3 is 2.50 bits per heavy atom. The van der Waals surface area contributed by atoms with E-state index in [-0.39, 0.29) is 11.7 Å². The van der Waals surface area contributed by atoms with Crippen LogP contribution in [0.15, 0.2) is 96.7 Å². The van der Waals surface area contributed by atoms with Gasteiger partial charge in [-0.25, -0.2) is 4.68 Å².